The van der Waals surface area contributed by atoms with Gasteiger partial charge in [-0.1, -0.05) is 37.6 Å². The minimum Gasteiger partial charge on any atom is -0.451 e. The summed E-state index contributed by atoms with van der Waals surface area (Å²) in [7, 11) is 0. The maximum absolute atomic E-state index is 12.7. The van der Waals surface area contributed by atoms with Gasteiger partial charge in [0.15, 0.2) is 10.9 Å². The highest BCUT2D eigenvalue weighted by molar-refractivity contribution is 7.80. The van der Waals surface area contributed by atoms with Crippen molar-refractivity contribution in [3.8, 4) is 17.0 Å². The fourth-order valence-electron chi connectivity index (χ4n) is 4.00. The second kappa shape index (κ2) is 11.2. The van der Waals surface area contributed by atoms with Crippen LogP contribution in [0.25, 0.3) is 28.0 Å². The number of fused-ring (bicyclic) bond motifs is 1. The number of non-ortho nitro benzene ring substituents is 1. The second-order valence-electron chi connectivity index (χ2n) is 8.84. The lowest BCUT2D eigenvalue weighted by Gasteiger charge is -2.08. The van der Waals surface area contributed by atoms with Gasteiger partial charge in [0.2, 0.25) is 0 Å². The van der Waals surface area contributed by atoms with Crippen molar-refractivity contribution in [2.45, 2.75) is 26.2 Å². The van der Waals surface area contributed by atoms with E-state index in [1.54, 1.807) is 35.1 Å². The van der Waals surface area contributed by atoms with Crippen LogP contribution in [0.2, 0.25) is 0 Å². The smallest absolute Gasteiger partial charge is 0.293 e. The SMILES string of the molecule is CCCCc1ccc(-n2nc3ccc(NC(=S)NC(=O)c4ccc(-c5cccc([N+](=O)[O-])c5)o4)cc3n2)cc1. The largest absolute Gasteiger partial charge is 0.451 e. The van der Waals surface area contributed by atoms with E-state index < -0.39 is 10.8 Å². The molecule has 0 unspecified atom stereocenters. The van der Waals surface area contributed by atoms with Gasteiger partial charge in [-0.25, -0.2) is 0 Å². The number of hydrogen-bond donors (Lipinski definition) is 2. The highest BCUT2D eigenvalue weighted by atomic mass is 32.1. The zero-order valence-electron chi connectivity index (χ0n) is 21.0. The van der Waals surface area contributed by atoms with Gasteiger partial charge in [-0.3, -0.25) is 20.2 Å². The first-order valence-electron chi connectivity index (χ1n) is 12.3. The summed E-state index contributed by atoms with van der Waals surface area (Å²) in [4.78, 5) is 24.8. The van der Waals surface area contributed by atoms with E-state index in [-0.39, 0.29) is 16.6 Å². The van der Waals surface area contributed by atoms with Gasteiger partial charge in [-0.05, 0) is 73.1 Å². The minimum atomic E-state index is -0.557. The van der Waals surface area contributed by atoms with E-state index >= 15 is 0 Å². The lowest BCUT2D eigenvalue weighted by molar-refractivity contribution is -0.384. The number of rotatable bonds is 8. The highest BCUT2D eigenvalue weighted by Crippen LogP contribution is 2.26. The Balaban J connectivity index is 1.23. The quantitative estimate of drug-likeness (QED) is 0.138. The molecule has 0 aliphatic carbocycles. The third-order valence-corrected chi connectivity index (χ3v) is 6.23. The van der Waals surface area contributed by atoms with E-state index in [1.807, 2.05) is 18.2 Å². The molecule has 0 bridgehead atoms. The molecule has 0 saturated carbocycles. The van der Waals surface area contributed by atoms with Crippen molar-refractivity contribution in [2.75, 3.05) is 5.32 Å². The van der Waals surface area contributed by atoms with Crippen molar-refractivity contribution in [1.29, 1.82) is 0 Å². The normalized spacial score (nSPS) is 10.9. The first-order valence-corrected chi connectivity index (χ1v) is 12.7. The highest BCUT2D eigenvalue weighted by Gasteiger charge is 2.16. The van der Waals surface area contributed by atoms with Crippen LogP contribution < -0.4 is 10.6 Å². The molecule has 196 valence electrons. The van der Waals surface area contributed by atoms with E-state index in [9.17, 15) is 14.9 Å². The Morgan fingerprint density at radius 3 is 2.59 bits per heavy atom. The zero-order chi connectivity index (χ0) is 27.4. The van der Waals surface area contributed by atoms with Crippen molar-refractivity contribution in [3.63, 3.8) is 0 Å². The Morgan fingerprint density at radius 2 is 1.82 bits per heavy atom. The summed E-state index contributed by atoms with van der Waals surface area (Å²) >= 11 is 5.30. The van der Waals surface area contributed by atoms with Crippen LogP contribution in [0.5, 0.6) is 0 Å². The molecule has 0 saturated heterocycles. The molecule has 2 aromatic heterocycles. The Labute approximate surface area is 228 Å². The molecular formula is C28H24N6O4S. The Morgan fingerprint density at radius 1 is 1.03 bits per heavy atom. The Kier molecular flexibility index (Phi) is 7.41. The van der Waals surface area contributed by atoms with Crippen LogP contribution in [0, 0.1) is 10.1 Å². The summed E-state index contributed by atoms with van der Waals surface area (Å²) in [6, 6.07) is 22.6. The number of anilines is 1. The monoisotopic (exact) mass is 540 g/mol. The summed E-state index contributed by atoms with van der Waals surface area (Å²) in [5.41, 5.74) is 4.58. The van der Waals surface area contributed by atoms with Crippen LogP contribution in [0.3, 0.4) is 0 Å². The van der Waals surface area contributed by atoms with E-state index in [0.29, 0.717) is 22.5 Å². The maximum atomic E-state index is 12.7. The molecular weight excluding hydrogens is 516 g/mol. The molecule has 0 radical (unpaired) electrons. The van der Waals surface area contributed by atoms with Crippen molar-refractivity contribution in [1.82, 2.24) is 20.3 Å². The Bertz CT molecular complexity index is 1680. The van der Waals surface area contributed by atoms with Crippen LogP contribution in [-0.4, -0.2) is 30.9 Å². The van der Waals surface area contributed by atoms with Crippen molar-refractivity contribution in [2.24, 2.45) is 0 Å². The third-order valence-electron chi connectivity index (χ3n) is 6.02. The first-order chi connectivity index (χ1) is 18.9. The third kappa shape index (κ3) is 5.99. The van der Waals surface area contributed by atoms with Crippen LogP contribution in [0.1, 0.15) is 35.9 Å². The molecule has 0 aliphatic rings. The van der Waals surface area contributed by atoms with Crippen LogP contribution in [0.4, 0.5) is 11.4 Å². The molecule has 10 nitrogen and oxygen atoms in total. The van der Waals surface area contributed by atoms with Crippen LogP contribution >= 0.6 is 12.2 Å². The summed E-state index contributed by atoms with van der Waals surface area (Å²) in [5.74, 6) is -0.217. The lowest BCUT2D eigenvalue weighted by Crippen LogP contribution is -2.33. The number of unbranched alkanes of at least 4 members (excludes halogenated alkanes) is 1. The van der Waals surface area contributed by atoms with Crippen molar-refractivity contribution < 1.29 is 14.1 Å². The number of thiocarbonyl (C=S) groups is 1. The number of benzene rings is 3. The number of nitro groups is 1. The Hall–Kier alpha value is -4.90. The summed E-state index contributed by atoms with van der Waals surface area (Å²) in [6.07, 6.45) is 3.36. The molecule has 0 atom stereocenters. The molecule has 5 aromatic rings. The number of furan rings is 1. The second-order valence-corrected chi connectivity index (χ2v) is 9.25. The molecule has 3 aromatic carbocycles. The number of nitro benzene ring substituents is 1. The van der Waals surface area contributed by atoms with Gasteiger partial charge in [0.05, 0.1) is 10.6 Å². The topological polar surface area (TPSA) is 128 Å². The number of carbonyl (C=O) groups excluding carboxylic acids is 1. The number of aryl methyl sites for hydroxylation is 1. The fourth-order valence-corrected chi connectivity index (χ4v) is 4.21. The van der Waals surface area contributed by atoms with Gasteiger partial charge < -0.3 is 9.73 Å². The van der Waals surface area contributed by atoms with Crippen LogP contribution in [0.15, 0.2) is 83.3 Å². The van der Waals surface area contributed by atoms with E-state index in [1.165, 1.54) is 23.8 Å². The molecule has 0 aliphatic heterocycles. The number of aromatic nitrogens is 3. The van der Waals surface area contributed by atoms with E-state index in [0.717, 1.165) is 30.5 Å². The first kappa shape index (κ1) is 25.7. The standard InChI is InChI=1S/C28H24N6O4S/c1-2-3-5-18-8-11-21(12-9-18)33-31-23-13-10-20(17-24(23)32-33)29-28(39)30-27(35)26-15-14-25(38-26)19-6-4-7-22(16-19)34(36)37/h4,6-17H,2-3,5H2,1H3,(H2,29,30,35,39). The minimum absolute atomic E-state index is 0.0137. The average Bonchev–Trinajstić information content (AvgIpc) is 3.60. The molecule has 0 spiro atoms. The van der Waals surface area contributed by atoms with Gasteiger partial charge in [-0.15, -0.1) is 10.2 Å². The molecule has 2 heterocycles. The lowest BCUT2D eigenvalue weighted by atomic mass is 10.1. The van der Waals surface area contributed by atoms with Gasteiger partial charge in [-0.2, -0.15) is 4.80 Å². The maximum Gasteiger partial charge on any atom is 0.293 e. The summed E-state index contributed by atoms with van der Waals surface area (Å²) in [5, 5.41) is 25.8. The molecule has 2 N–H and O–H groups in total. The van der Waals surface area contributed by atoms with E-state index in [2.05, 4.69) is 39.9 Å². The molecule has 1 amide bonds. The van der Waals surface area contributed by atoms with E-state index in [4.69, 9.17) is 16.6 Å². The molecule has 5 rings (SSSR count). The number of nitrogens with zero attached hydrogens (tertiary/aromatic N) is 4. The van der Waals surface area contributed by atoms with Crippen LogP contribution in [-0.2, 0) is 6.42 Å². The number of nitrogens with one attached hydrogen (secondary N) is 2. The van der Waals surface area contributed by atoms with Gasteiger partial charge in [0, 0.05) is 23.4 Å². The van der Waals surface area contributed by atoms with Gasteiger partial charge in [0.25, 0.3) is 11.6 Å². The zero-order valence-corrected chi connectivity index (χ0v) is 21.8. The average molecular weight is 541 g/mol. The molecule has 0 fully saturated rings. The predicted octanol–water partition coefficient (Wildman–Crippen LogP) is 6.06. The predicted molar refractivity (Wildman–Crippen MR) is 152 cm³/mol. The number of carbonyl (C=O) groups is 1. The fraction of sp³-hybridized carbons (Fsp3) is 0.143. The molecule has 39 heavy (non-hydrogen) atoms. The van der Waals surface area contributed by atoms with Gasteiger partial charge in [0.1, 0.15) is 16.8 Å². The van der Waals surface area contributed by atoms with Crippen molar-refractivity contribution in [3.05, 3.63) is 100 Å². The number of hydrogen-bond acceptors (Lipinski definition) is 7. The molecule has 11 heteroatoms. The summed E-state index contributed by atoms with van der Waals surface area (Å²) in [6.45, 7) is 2.18. The summed E-state index contributed by atoms with van der Waals surface area (Å²) < 4.78 is 5.60. The van der Waals surface area contributed by atoms with Crippen molar-refractivity contribution >= 4 is 45.6 Å². The number of amides is 1. The van der Waals surface area contributed by atoms with Gasteiger partial charge >= 0.3 is 0 Å².